The Hall–Kier alpha value is -1.91. The number of rotatable bonds is 4. The van der Waals surface area contributed by atoms with E-state index in [-0.39, 0.29) is 12.3 Å². The summed E-state index contributed by atoms with van der Waals surface area (Å²) in [7, 11) is 0. The first-order valence-corrected chi connectivity index (χ1v) is 7.19. The molecule has 0 heterocycles. The van der Waals surface area contributed by atoms with E-state index in [4.69, 9.17) is 29.6 Å². The number of hydrogen-bond donors (Lipinski definition) is 2. The zero-order valence-corrected chi connectivity index (χ0v) is 13.1. The van der Waals surface area contributed by atoms with Crippen LogP contribution in [0.3, 0.4) is 0 Å². The van der Waals surface area contributed by atoms with Crippen LogP contribution in [0.25, 0.3) is 0 Å². The first-order chi connectivity index (χ1) is 9.95. The van der Waals surface area contributed by atoms with Crippen molar-refractivity contribution >= 4 is 40.4 Å². The molecule has 108 valence electrons. The molecule has 1 amide bonds. The second kappa shape index (κ2) is 6.70. The molecule has 3 nitrogen and oxygen atoms in total. The van der Waals surface area contributed by atoms with Crippen LogP contribution >= 0.6 is 23.8 Å². The van der Waals surface area contributed by atoms with Crippen molar-refractivity contribution in [3.05, 3.63) is 64.2 Å². The molecule has 0 unspecified atom stereocenters. The largest absolute Gasteiger partial charge is 0.389 e. The average Bonchev–Trinajstić information content (AvgIpc) is 2.43. The van der Waals surface area contributed by atoms with Gasteiger partial charge in [-0.25, -0.2) is 0 Å². The van der Waals surface area contributed by atoms with Gasteiger partial charge in [-0.2, -0.15) is 0 Å². The lowest BCUT2D eigenvalue weighted by molar-refractivity contribution is -0.115. The molecular weight excluding hydrogens is 304 g/mol. The molecule has 0 atom stereocenters. The maximum absolute atomic E-state index is 12.0. The van der Waals surface area contributed by atoms with E-state index in [0.29, 0.717) is 15.7 Å². The highest BCUT2D eigenvalue weighted by atomic mass is 35.5. The molecule has 2 rings (SSSR count). The second-order valence-corrected chi connectivity index (χ2v) is 5.62. The van der Waals surface area contributed by atoms with Crippen molar-refractivity contribution in [3.8, 4) is 0 Å². The number of carbonyl (C=O) groups excluding carboxylic acids is 1. The Balaban J connectivity index is 2.04. The summed E-state index contributed by atoms with van der Waals surface area (Å²) in [5, 5.41) is 3.34. The fraction of sp³-hybridized carbons (Fsp3) is 0.125. The third-order valence-corrected chi connectivity index (χ3v) is 3.56. The van der Waals surface area contributed by atoms with Gasteiger partial charge in [-0.05, 0) is 30.2 Å². The number of amides is 1. The highest BCUT2D eigenvalue weighted by Crippen LogP contribution is 2.22. The van der Waals surface area contributed by atoms with E-state index in [1.165, 1.54) is 0 Å². The third-order valence-electron chi connectivity index (χ3n) is 3.00. The molecule has 2 aromatic carbocycles. The predicted molar refractivity (Wildman–Crippen MR) is 90.9 cm³/mol. The summed E-state index contributed by atoms with van der Waals surface area (Å²) in [6.07, 6.45) is 0.266. The van der Waals surface area contributed by atoms with Gasteiger partial charge in [0.1, 0.15) is 4.99 Å². The lowest BCUT2D eigenvalue weighted by atomic mass is 10.1. The maximum Gasteiger partial charge on any atom is 0.228 e. The molecule has 0 bridgehead atoms. The molecule has 0 aromatic heterocycles. The Labute approximate surface area is 134 Å². The lowest BCUT2D eigenvalue weighted by Gasteiger charge is -2.08. The van der Waals surface area contributed by atoms with E-state index in [9.17, 15) is 4.79 Å². The van der Waals surface area contributed by atoms with Crippen molar-refractivity contribution in [2.45, 2.75) is 13.3 Å². The second-order valence-electron chi connectivity index (χ2n) is 4.77. The molecule has 3 N–H and O–H groups in total. The van der Waals surface area contributed by atoms with Gasteiger partial charge in [-0.3, -0.25) is 4.79 Å². The minimum Gasteiger partial charge on any atom is -0.389 e. The van der Waals surface area contributed by atoms with Crippen LogP contribution in [0.5, 0.6) is 0 Å². The zero-order valence-electron chi connectivity index (χ0n) is 11.5. The number of carbonyl (C=O) groups is 1. The van der Waals surface area contributed by atoms with Crippen LogP contribution in [0.15, 0.2) is 42.5 Å². The molecule has 0 radical (unpaired) electrons. The van der Waals surface area contributed by atoms with Gasteiger partial charge in [0, 0.05) is 5.56 Å². The van der Waals surface area contributed by atoms with E-state index in [2.05, 4.69) is 5.32 Å². The van der Waals surface area contributed by atoms with Crippen molar-refractivity contribution in [2.75, 3.05) is 5.32 Å². The van der Waals surface area contributed by atoms with Gasteiger partial charge in [0.15, 0.2) is 0 Å². The SMILES string of the molecule is Cc1ccc(Cl)c(NC(=O)Cc2ccc(C(N)=S)cc2)c1. The molecule has 21 heavy (non-hydrogen) atoms. The van der Waals surface area contributed by atoms with Crippen molar-refractivity contribution in [1.29, 1.82) is 0 Å². The standard InChI is InChI=1S/C16H15ClN2OS/c1-10-2-7-13(17)14(8-10)19-15(20)9-11-3-5-12(6-4-11)16(18)21/h2-8H,9H2,1H3,(H2,18,21)(H,19,20). The summed E-state index contributed by atoms with van der Waals surface area (Å²) in [5.41, 5.74) is 8.87. The molecule has 0 aliphatic carbocycles. The van der Waals surface area contributed by atoms with E-state index < -0.39 is 0 Å². The summed E-state index contributed by atoms with van der Waals surface area (Å²) >= 11 is 10.9. The van der Waals surface area contributed by atoms with Crippen molar-refractivity contribution in [1.82, 2.24) is 0 Å². The molecule has 0 aliphatic rings. The van der Waals surface area contributed by atoms with Crippen LogP contribution in [-0.4, -0.2) is 10.9 Å². The molecule has 2 aromatic rings. The quantitative estimate of drug-likeness (QED) is 0.849. The summed E-state index contributed by atoms with van der Waals surface area (Å²) < 4.78 is 0. The van der Waals surface area contributed by atoms with E-state index >= 15 is 0 Å². The van der Waals surface area contributed by atoms with E-state index in [1.807, 2.05) is 43.3 Å². The van der Waals surface area contributed by atoms with Crippen LogP contribution in [0.4, 0.5) is 5.69 Å². The van der Waals surface area contributed by atoms with Gasteiger partial charge in [-0.15, -0.1) is 0 Å². The molecule has 5 heteroatoms. The first kappa shape index (κ1) is 15.5. The van der Waals surface area contributed by atoms with Gasteiger partial charge in [0.25, 0.3) is 0 Å². The number of anilines is 1. The van der Waals surface area contributed by atoms with E-state index in [1.54, 1.807) is 6.07 Å². The minimum atomic E-state index is -0.120. The monoisotopic (exact) mass is 318 g/mol. The highest BCUT2D eigenvalue weighted by Gasteiger charge is 2.07. The molecule has 0 aliphatic heterocycles. The van der Waals surface area contributed by atoms with Crippen LogP contribution < -0.4 is 11.1 Å². The molecule has 0 saturated heterocycles. The van der Waals surface area contributed by atoms with Crippen molar-refractivity contribution in [2.24, 2.45) is 5.73 Å². The van der Waals surface area contributed by atoms with Gasteiger partial charge in [0.2, 0.25) is 5.91 Å². The van der Waals surface area contributed by atoms with Crippen LogP contribution in [-0.2, 0) is 11.2 Å². The third kappa shape index (κ3) is 4.28. The molecule has 0 fully saturated rings. The van der Waals surface area contributed by atoms with E-state index in [0.717, 1.165) is 16.7 Å². The Morgan fingerprint density at radius 2 is 1.90 bits per heavy atom. The normalized spacial score (nSPS) is 10.2. The number of halogens is 1. The summed E-state index contributed by atoms with van der Waals surface area (Å²) in [6, 6.07) is 12.8. The Morgan fingerprint density at radius 1 is 1.24 bits per heavy atom. The van der Waals surface area contributed by atoms with Gasteiger partial charge in [0.05, 0.1) is 17.1 Å². The van der Waals surface area contributed by atoms with Gasteiger partial charge >= 0.3 is 0 Å². The van der Waals surface area contributed by atoms with Crippen LogP contribution in [0.2, 0.25) is 5.02 Å². The van der Waals surface area contributed by atoms with Crippen LogP contribution in [0.1, 0.15) is 16.7 Å². The maximum atomic E-state index is 12.0. The molecule has 0 spiro atoms. The van der Waals surface area contributed by atoms with Crippen LogP contribution in [0, 0.1) is 6.92 Å². The fourth-order valence-corrected chi connectivity index (χ4v) is 2.20. The fourth-order valence-electron chi connectivity index (χ4n) is 1.90. The van der Waals surface area contributed by atoms with Crippen molar-refractivity contribution in [3.63, 3.8) is 0 Å². The summed E-state index contributed by atoms with van der Waals surface area (Å²) in [5.74, 6) is -0.120. The smallest absolute Gasteiger partial charge is 0.228 e. The van der Waals surface area contributed by atoms with Gasteiger partial charge in [-0.1, -0.05) is 54.2 Å². The number of thiocarbonyl (C=S) groups is 1. The summed E-state index contributed by atoms with van der Waals surface area (Å²) in [6.45, 7) is 1.94. The number of nitrogens with two attached hydrogens (primary N) is 1. The number of aryl methyl sites for hydroxylation is 1. The van der Waals surface area contributed by atoms with Crippen molar-refractivity contribution < 1.29 is 4.79 Å². The summed E-state index contributed by atoms with van der Waals surface area (Å²) in [4.78, 5) is 12.4. The Morgan fingerprint density at radius 3 is 2.52 bits per heavy atom. The number of hydrogen-bond acceptors (Lipinski definition) is 2. The Bertz CT molecular complexity index is 683. The minimum absolute atomic E-state index is 0.120. The molecular formula is C16H15ClN2OS. The topological polar surface area (TPSA) is 55.1 Å². The predicted octanol–water partition coefficient (Wildman–Crippen LogP) is 3.46. The highest BCUT2D eigenvalue weighted by molar-refractivity contribution is 7.80. The van der Waals surface area contributed by atoms with Gasteiger partial charge < -0.3 is 11.1 Å². The lowest BCUT2D eigenvalue weighted by Crippen LogP contribution is -2.15. The molecule has 0 saturated carbocycles. The number of nitrogens with one attached hydrogen (secondary N) is 1. The average molecular weight is 319 g/mol. The Kier molecular flexibility index (Phi) is 4.94. The first-order valence-electron chi connectivity index (χ1n) is 6.40. The number of benzene rings is 2. The zero-order chi connectivity index (χ0) is 15.4.